The number of halogens is 3. The van der Waals surface area contributed by atoms with E-state index in [4.69, 9.17) is 17.3 Å². The van der Waals surface area contributed by atoms with Gasteiger partial charge in [0.15, 0.2) is 11.6 Å². The van der Waals surface area contributed by atoms with Crippen molar-refractivity contribution < 1.29 is 8.78 Å². The van der Waals surface area contributed by atoms with Crippen molar-refractivity contribution in [1.82, 2.24) is 9.78 Å². The molecule has 0 saturated heterocycles. The molecule has 1 heterocycles. The number of aryl methyl sites for hydroxylation is 1. The lowest BCUT2D eigenvalue weighted by Crippen LogP contribution is -2.18. The summed E-state index contributed by atoms with van der Waals surface area (Å²) >= 11 is 6.01. The Morgan fingerprint density at radius 2 is 1.85 bits per heavy atom. The van der Waals surface area contributed by atoms with Gasteiger partial charge >= 0.3 is 0 Å². The fraction of sp³-hybridized carbons (Fsp3) is 0.357. The molecule has 6 heteroatoms. The van der Waals surface area contributed by atoms with E-state index in [9.17, 15) is 8.78 Å². The van der Waals surface area contributed by atoms with Crippen molar-refractivity contribution in [2.75, 3.05) is 0 Å². The molecule has 20 heavy (non-hydrogen) atoms. The second kappa shape index (κ2) is 5.50. The first-order valence-corrected chi connectivity index (χ1v) is 6.64. The smallest absolute Gasteiger partial charge is 0.152 e. The van der Waals surface area contributed by atoms with Crippen LogP contribution in [-0.4, -0.2) is 15.8 Å². The summed E-state index contributed by atoms with van der Waals surface area (Å²) in [6, 6.07) is 2.40. The first-order valence-electron chi connectivity index (χ1n) is 6.26. The quantitative estimate of drug-likeness (QED) is 0.945. The van der Waals surface area contributed by atoms with Crippen LogP contribution in [0.15, 0.2) is 12.1 Å². The number of aromatic nitrogens is 2. The molecule has 2 N–H and O–H groups in total. The minimum Gasteiger partial charge on any atom is -0.328 e. The highest BCUT2D eigenvalue weighted by molar-refractivity contribution is 6.31. The summed E-state index contributed by atoms with van der Waals surface area (Å²) in [5.74, 6) is -1.36. The summed E-state index contributed by atoms with van der Waals surface area (Å²) in [4.78, 5) is 0. The topological polar surface area (TPSA) is 43.8 Å². The third kappa shape index (κ3) is 2.69. The Bertz CT molecular complexity index is 627. The molecule has 0 amide bonds. The van der Waals surface area contributed by atoms with Crippen molar-refractivity contribution in [3.05, 3.63) is 45.7 Å². The summed E-state index contributed by atoms with van der Waals surface area (Å²) in [6.07, 6.45) is 0.409. The fourth-order valence-electron chi connectivity index (χ4n) is 2.15. The summed E-state index contributed by atoms with van der Waals surface area (Å²) in [7, 11) is 0. The lowest BCUT2D eigenvalue weighted by Gasteiger charge is -2.11. The number of hydrogen-bond donors (Lipinski definition) is 1. The van der Waals surface area contributed by atoms with Gasteiger partial charge < -0.3 is 5.73 Å². The Balaban J connectivity index is 2.55. The number of rotatable bonds is 3. The van der Waals surface area contributed by atoms with E-state index in [0.29, 0.717) is 28.4 Å². The van der Waals surface area contributed by atoms with Crippen molar-refractivity contribution in [2.24, 2.45) is 5.73 Å². The lowest BCUT2D eigenvalue weighted by molar-refractivity contribution is 0.552. The average Bonchev–Trinajstić information content (AvgIpc) is 2.56. The van der Waals surface area contributed by atoms with Gasteiger partial charge in [0.2, 0.25) is 0 Å². The van der Waals surface area contributed by atoms with E-state index in [1.165, 1.54) is 16.8 Å². The Morgan fingerprint density at radius 1 is 1.30 bits per heavy atom. The van der Waals surface area contributed by atoms with Crippen molar-refractivity contribution in [2.45, 2.75) is 33.2 Å². The van der Waals surface area contributed by atoms with Crippen LogP contribution in [0.2, 0.25) is 5.02 Å². The van der Waals surface area contributed by atoms with E-state index >= 15 is 0 Å². The Hall–Kier alpha value is -1.46. The molecule has 108 valence electrons. The molecule has 1 unspecified atom stereocenters. The Morgan fingerprint density at radius 3 is 2.25 bits per heavy atom. The van der Waals surface area contributed by atoms with Crippen molar-refractivity contribution >= 4 is 11.6 Å². The molecule has 0 fully saturated rings. The molecule has 3 nitrogen and oxygen atoms in total. The molecule has 0 aliphatic rings. The van der Waals surface area contributed by atoms with Crippen molar-refractivity contribution in [1.29, 1.82) is 0 Å². The number of nitrogens with two attached hydrogens (primary N) is 1. The monoisotopic (exact) mass is 299 g/mol. The SMILES string of the molecule is Cc1nn(-c2c(F)cc(CC(C)N)cc2F)c(C)c1Cl. The lowest BCUT2D eigenvalue weighted by atomic mass is 10.1. The maximum absolute atomic E-state index is 14.2. The van der Waals surface area contributed by atoms with Crippen LogP contribution in [0.5, 0.6) is 0 Å². The van der Waals surface area contributed by atoms with E-state index in [-0.39, 0.29) is 11.7 Å². The van der Waals surface area contributed by atoms with Crippen molar-refractivity contribution in [3.63, 3.8) is 0 Å². The summed E-state index contributed by atoms with van der Waals surface area (Å²) in [5, 5.41) is 4.48. The molecule has 1 aromatic carbocycles. The van der Waals surface area contributed by atoms with Gasteiger partial charge in [0.25, 0.3) is 0 Å². The fourth-order valence-corrected chi connectivity index (χ4v) is 2.27. The second-order valence-electron chi connectivity index (χ2n) is 4.99. The predicted octanol–water partition coefficient (Wildman–Crippen LogP) is 3.31. The predicted molar refractivity (Wildman–Crippen MR) is 75.3 cm³/mol. The molecular formula is C14H16ClF2N3. The molecule has 0 aliphatic carbocycles. The normalized spacial score (nSPS) is 12.8. The minimum atomic E-state index is -0.678. The molecule has 0 saturated carbocycles. The van der Waals surface area contributed by atoms with E-state index in [2.05, 4.69) is 5.10 Å². The first kappa shape index (κ1) is 14.9. The highest BCUT2D eigenvalue weighted by Gasteiger charge is 2.19. The van der Waals surface area contributed by atoms with Gasteiger partial charge in [0.1, 0.15) is 5.69 Å². The molecule has 1 atom stereocenters. The zero-order valence-electron chi connectivity index (χ0n) is 11.5. The third-order valence-electron chi connectivity index (χ3n) is 3.05. The highest BCUT2D eigenvalue weighted by atomic mass is 35.5. The molecule has 0 spiro atoms. The van der Waals surface area contributed by atoms with Gasteiger partial charge in [-0.15, -0.1) is 0 Å². The standard InChI is InChI=1S/C14H16ClF2N3/c1-7(18)4-10-5-11(16)14(12(17)6-10)20-9(3)13(15)8(2)19-20/h5-7H,4,18H2,1-3H3. The molecule has 1 aromatic heterocycles. The summed E-state index contributed by atoms with van der Waals surface area (Å²) in [5.41, 5.74) is 6.98. The van der Waals surface area contributed by atoms with Crippen LogP contribution in [0.4, 0.5) is 8.78 Å². The highest BCUT2D eigenvalue weighted by Crippen LogP contribution is 2.26. The Labute approximate surface area is 121 Å². The molecule has 0 radical (unpaired) electrons. The van der Waals surface area contributed by atoms with Crippen molar-refractivity contribution in [3.8, 4) is 5.69 Å². The molecule has 0 aliphatic heterocycles. The first-order chi connectivity index (χ1) is 9.31. The third-order valence-corrected chi connectivity index (χ3v) is 3.60. The number of hydrogen-bond acceptors (Lipinski definition) is 2. The van der Waals surface area contributed by atoms with Crippen LogP contribution in [0.3, 0.4) is 0 Å². The molecule has 0 bridgehead atoms. The average molecular weight is 300 g/mol. The summed E-state index contributed by atoms with van der Waals surface area (Å²) < 4.78 is 29.6. The van der Waals surface area contributed by atoms with E-state index in [0.717, 1.165) is 0 Å². The summed E-state index contributed by atoms with van der Waals surface area (Å²) in [6.45, 7) is 5.13. The van der Waals surface area contributed by atoms with E-state index in [1.54, 1.807) is 20.8 Å². The van der Waals surface area contributed by atoms with Crippen LogP contribution in [-0.2, 0) is 6.42 Å². The van der Waals surface area contributed by atoms with Gasteiger partial charge in [-0.2, -0.15) is 5.10 Å². The Kier molecular flexibility index (Phi) is 4.11. The molecular weight excluding hydrogens is 284 g/mol. The zero-order valence-corrected chi connectivity index (χ0v) is 12.3. The second-order valence-corrected chi connectivity index (χ2v) is 5.36. The van der Waals surface area contributed by atoms with Gasteiger partial charge in [0.05, 0.1) is 16.4 Å². The van der Waals surface area contributed by atoms with Gasteiger partial charge in [-0.05, 0) is 44.9 Å². The number of benzene rings is 1. The maximum Gasteiger partial charge on any atom is 0.152 e. The molecule has 2 rings (SSSR count). The van der Waals surface area contributed by atoms with Gasteiger partial charge in [-0.25, -0.2) is 13.5 Å². The van der Waals surface area contributed by atoms with Gasteiger partial charge in [0, 0.05) is 6.04 Å². The van der Waals surface area contributed by atoms with E-state index < -0.39 is 11.6 Å². The zero-order chi connectivity index (χ0) is 15.0. The number of nitrogens with zero attached hydrogens (tertiary/aromatic N) is 2. The van der Waals surface area contributed by atoms with Gasteiger partial charge in [-0.1, -0.05) is 11.6 Å². The van der Waals surface area contributed by atoms with Crippen LogP contribution in [0.1, 0.15) is 23.9 Å². The van der Waals surface area contributed by atoms with Crippen LogP contribution < -0.4 is 5.73 Å². The van der Waals surface area contributed by atoms with Gasteiger partial charge in [-0.3, -0.25) is 0 Å². The minimum absolute atomic E-state index is 0.164. The largest absolute Gasteiger partial charge is 0.328 e. The van der Waals surface area contributed by atoms with Crippen LogP contribution >= 0.6 is 11.6 Å². The van der Waals surface area contributed by atoms with Crippen LogP contribution in [0.25, 0.3) is 5.69 Å². The van der Waals surface area contributed by atoms with E-state index in [1.807, 2.05) is 0 Å². The van der Waals surface area contributed by atoms with Crippen LogP contribution in [0, 0.1) is 25.5 Å². The maximum atomic E-state index is 14.2. The molecule has 2 aromatic rings.